The van der Waals surface area contributed by atoms with Crippen LogP contribution in [0.15, 0.2) is 4.52 Å². The van der Waals surface area contributed by atoms with E-state index in [2.05, 4.69) is 15.4 Å². The van der Waals surface area contributed by atoms with Crippen LogP contribution >= 0.6 is 0 Å². The second-order valence-corrected chi connectivity index (χ2v) is 6.57. The maximum absolute atomic E-state index is 12.2. The molecule has 1 aliphatic heterocycles. The number of rotatable bonds is 5. The number of carbonyl (C=O) groups is 1. The number of nitrogens with one attached hydrogen (secondary N) is 1. The first kappa shape index (κ1) is 14.6. The Kier molecular flexibility index (Phi) is 4.29. The summed E-state index contributed by atoms with van der Waals surface area (Å²) >= 11 is 0. The van der Waals surface area contributed by atoms with Crippen molar-refractivity contribution in [1.29, 1.82) is 0 Å². The van der Waals surface area contributed by atoms with Gasteiger partial charge < -0.3 is 9.84 Å². The van der Waals surface area contributed by atoms with Crippen LogP contribution in [0.5, 0.6) is 0 Å². The van der Waals surface area contributed by atoms with Crippen molar-refractivity contribution in [1.82, 2.24) is 15.4 Å². The smallest absolute Gasteiger partial charge is 0.224 e. The van der Waals surface area contributed by atoms with Crippen LogP contribution in [0.1, 0.15) is 42.7 Å². The molecule has 2 fully saturated rings. The zero-order valence-electron chi connectivity index (χ0n) is 13.0. The summed E-state index contributed by atoms with van der Waals surface area (Å²) in [5.74, 6) is 2.02. The molecule has 1 unspecified atom stereocenters. The molecule has 0 radical (unpaired) electrons. The van der Waals surface area contributed by atoms with E-state index < -0.39 is 0 Å². The summed E-state index contributed by atoms with van der Waals surface area (Å²) in [5.41, 5.74) is 2.14. The van der Waals surface area contributed by atoms with Crippen molar-refractivity contribution in [3.63, 3.8) is 0 Å². The lowest BCUT2D eigenvalue weighted by Gasteiger charge is -2.31. The van der Waals surface area contributed by atoms with Gasteiger partial charge in [0.1, 0.15) is 5.76 Å². The molecule has 0 bridgehead atoms. The second kappa shape index (κ2) is 6.18. The molecule has 1 N–H and O–H groups in total. The molecule has 0 aromatic carbocycles. The quantitative estimate of drug-likeness (QED) is 0.902. The number of aromatic nitrogens is 1. The van der Waals surface area contributed by atoms with Gasteiger partial charge in [-0.2, -0.15) is 0 Å². The zero-order valence-corrected chi connectivity index (χ0v) is 13.0. The molecular weight excluding hydrogens is 266 g/mol. The predicted molar refractivity (Wildman–Crippen MR) is 79.7 cm³/mol. The van der Waals surface area contributed by atoms with E-state index >= 15 is 0 Å². The number of nitrogens with zero attached hydrogens (tertiary/aromatic N) is 2. The first-order valence-electron chi connectivity index (χ1n) is 8.05. The van der Waals surface area contributed by atoms with Crippen molar-refractivity contribution in [2.24, 2.45) is 11.8 Å². The van der Waals surface area contributed by atoms with Crippen molar-refractivity contribution in [2.45, 2.75) is 46.1 Å². The average Bonchev–Trinajstić information content (AvgIpc) is 3.27. The molecule has 3 rings (SSSR count). The van der Waals surface area contributed by atoms with Crippen LogP contribution in [0.25, 0.3) is 0 Å². The summed E-state index contributed by atoms with van der Waals surface area (Å²) in [7, 11) is 0. The van der Waals surface area contributed by atoms with Crippen molar-refractivity contribution in [3.8, 4) is 0 Å². The third-order valence-electron chi connectivity index (χ3n) is 4.70. The number of carbonyl (C=O) groups excluding carboxylic acids is 1. The standard InChI is InChI=1S/C16H25N3O2/c1-11-15(12(2)21-18-11)10-19-7-3-4-14(9-19)16(20)17-8-13-5-6-13/h13-14H,3-10H2,1-2H3,(H,17,20). The average molecular weight is 291 g/mol. The van der Waals surface area contributed by atoms with Gasteiger partial charge in [-0.1, -0.05) is 5.16 Å². The van der Waals surface area contributed by atoms with Gasteiger partial charge in [-0.3, -0.25) is 9.69 Å². The lowest BCUT2D eigenvalue weighted by molar-refractivity contribution is -0.126. The fraction of sp³-hybridized carbons (Fsp3) is 0.750. The molecule has 21 heavy (non-hydrogen) atoms. The van der Waals surface area contributed by atoms with E-state index in [0.717, 1.165) is 56.4 Å². The minimum Gasteiger partial charge on any atom is -0.361 e. The summed E-state index contributed by atoms with van der Waals surface area (Å²) in [5, 5.41) is 7.13. The molecule has 1 saturated carbocycles. The molecule has 1 saturated heterocycles. The van der Waals surface area contributed by atoms with Crippen LogP contribution in [0, 0.1) is 25.7 Å². The second-order valence-electron chi connectivity index (χ2n) is 6.57. The van der Waals surface area contributed by atoms with Gasteiger partial charge in [-0.05, 0) is 52.0 Å². The lowest BCUT2D eigenvalue weighted by atomic mass is 9.96. The fourth-order valence-corrected chi connectivity index (χ4v) is 3.08. The van der Waals surface area contributed by atoms with Crippen LogP contribution in [0.3, 0.4) is 0 Å². The van der Waals surface area contributed by atoms with Crippen molar-refractivity contribution in [2.75, 3.05) is 19.6 Å². The number of likely N-dealkylation sites (tertiary alicyclic amines) is 1. The maximum atomic E-state index is 12.2. The van der Waals surface area contributed by atoms with Gasteiger partial charge >= 0.3 is 0 Å². The normalized spacial score (nSPS) is 23.2. The Balaban J connectivity index is 1.53. The van der Waals surface area contributed by atoms with Crippen LogP contribution in [0.2, 0.25) is 0 Å². The highest BCUT2D eigenvalue weighted by Crippen LogP contribution is 2.28. The minimum absolute atomic E-state index is 0.137. The minimum atomic E-state index is 0.137. The number of piperidine rings is 1. The van der Waals surface area contributed by atoms with Gasteiger partial charge in [0.05, 0.1) is 11.6 Å². The van der Waals surface area contributed by atoms with Crippen molar-refractivity contribution >= 4 is 5.91 Å². The summed E-state index contributed by atoms with van der Waals surface area (Å²) < 4.78 is 5.23. The van der Waals surface area contributed by atoms with Gasteiger partial charge in [0.2, 0.25) is 5.91 Å². The Labute approximate surface area is 126 Å². The molecule has 0 spiro atoms. The van der Waals surface area contributed by atoms with E-state index in [1.165, 1.54) is 18.4 Å². The lowest BCUT2D eigenvalue weighted by Crippen LogP contribution is -2.43. The van der Waals surface area contributed by atoms with Crippen LogP contribution in [-0.2, 0) is 11.3 Å². The maximum Gasteiger partial charge on any atom is 0.224 e. The molecule has 1 atom stereocenters. The third-order valence-corrected chi connectivity index (χ3v) is 4.70. The molecule has 1 aromatic rings. The first-order valence-corrected chi connectivity index (χ1v) is 8.05. The Bertz CT molecular complexity index is 488. The number of amides is 1. The van der Waals surface area contributed by atoms with Gasteiger partial charge in [0.25, 0.3) is 0 Å². The Hall–Kier alpha value is -1.36. The highest BCUT2D eigenvalue weighted by molar-refractivity contribution is 5.79. The largest absolute Gasteiger partial charge is 0.361 e. The monoisotopic (exact) mass is 291 g/mol. The molecular formula is C16H25N3O2. The first-order chi connectivity index (χ1) is 10.1. The van der Waals surface area contributed by atoms with E-state index in [0.29, 0.717) is 0 Å². The van der Waals surface area contributed by atoms with E-state index in [1.807, 2.05) is 13.8 Å². The number of hydrogen-bond donors (Lipinski definition) is 1. The predicted octanol–water partition coefficient (Wildman–Crippen LogP) is 2.03. The highest BCUT2D eigenvalue weighted by atomic mass is 16.5. The SMILES string of the molecule is Cc1noc(C)c1CN1CCCC(C(=O)NCC2CC2)C1. The number of aryl methyl sites for hydroxylation is 2. The molecule has 1 aromatic heterocycles. The Morgan fingerprint density at radius 3 is 2.86 bits per heavy atom. The summed E-state index contributed by atoms with van der Waals surface area (Å²) in [6.07, 6.45) is 4.66. The van der Waals surface area contributed by atoms with Gasteiger partial charge in [-0.15, -0.1) is 0 Å². The fourth-order valence-electron chi connectivity index (χ4n) is 3.08. The number of hydrogen-bond acceptors (Lipinski definition) is 4. The van der Waals surface area contributed by atoms with E-state index in [4.69, 9.17) is 4.52 Å². The molecule has 116 valence electrons. The zero-order chi connectivity index (χ0) is 14.8. The van der Waals surface area contributed by atoms with Crippen molar-refractivity contribution in [3.05, 3.63) is 17.0 Å². The van der Waals surface area contributed by atoms with Crippen molar-refractivity contribution < 1.29 is 9.32 Å². The van der Waals surface area contributed by atoms with Crippen LogP contribution in [0.4, 0.5) is 0 Å². The molecule has 5 heteroatoms. The molecule has 2 heterocycles. The Morgan fingerprint density at radius 1 is 1.38 bits per heavy atom. The van der Waals surface area contributed by atoms with E-state index in [9.17, 15) is 4.79 Å². The molecule has 1 aliphatic carbocycles. The third kappa shape index (κ3) is 3.64. The van der Waals surface area contributed by atoms with Crippen LogP contribution < -0.4 is 5.32 Å². The van der Waals surface area contributed by atoms with Crippen LogP contribution in [-0.4, -0.2) is 35.6 Å². The highest BCUT2D eigenvalue weighted by Gasteiger charge is 2.28. The Morgan fingerprint density at radius 2 is 2.19 bits per heavy atom. The van der Waals surface area contributed by atoms with E-state index in [1.54, 1.807) is 0 Å². The van der Waals surface area contributed by atoms with Gasteiger partial charge in [0.15, 0.2) is 0 Å². The topological polar surface area (TPSA) is 58.4 Å². The summed E-state index contributed by atoms with van der Waals surface area (Å²) in [6, 6.07) is 0. The van der Waals surface area contributed by atoms with Gasteiger partial charge in [0, 0.05) is 25.2 Å². The summed E-state index contributed by atoms with van der Waals surface area (Å²) in [6.45, 7) is 7.55. The van der Waals surface area contributed by atoms with E-state index in [-0.39, 0.29) is 11.8 Å². The molecule has 5 nitrogen and oxygen atoms in total. The summed E-state index contributed by atoms with van der Waals surface area (Å²) in [4.78, 5) is 14.6. The molecule has 2 aliphatic rings. The molecule has 1 amide bonds. The van der Waals surface area contributed by atoms with Gasteiger partial charge in [-0.25, -0.2) is 0 Å².